The first-order chi connectivity index (χ1) is 16.8. The minimum Gasteiger partial charge on any atom is -0.457 e. The van der Waals surface area contributed by atoms with Crippen LogP contribution in [0, 0.1) is 0 Å². The molecule has 2 rings (SSSR count). The fourth-order valence-electron chi connectivity index (χ4n) is 2.88. The molecule has 0 saturated heterocycles. The van der Waals surface area contributed by atoms with Crippen molar-refractivity contribution in [3.8, 4) is 17.2 Å². The number of halogens is 1. The van der Waals surface area contributed by atoms with Gasteiger partial charge in [0, 0.05) is 23.7 Å². The average molecular weight is 549 g/mol. The lowest BCUT2D eigenvalue weighted by molar-refractivity contribution is -0.138. The average Bonchev–Trinajstić information content (AvgIpc) is 2.80. The third-order valence-corrected chi connectivity index (χ3v) is 5.09. The van der Waals surface area contributed by atoms with Crippen molar-refractivity contribution in [1.82, 2.24) is 0 Å². The quantitative estimate of drug-likeness (QED) is 0.237. The fourth-order valence-corrected chi connectivity index (χ4v) is 3.15. The molecule has 0 aliphatic heterocycles. The van der Waals surface area contributed by atoms with Crippen molar-refractivity contribution in [2.45, 2.75) is 65.9 Å². The molecule has 0 radical (unpaired) electrons. The summed E-state index contributed by atoms with van der Waals surface area (Å²) in [4.78, 5) is 49.6. The lowest BCUT2D eigenvalue weighted by Crippen LogP contribution is -2.16. The number of carbonyl (C=O) groups is 4. The molecule has 2 aromatic rings. The normalized spacial score (nSPS) is 10.4. The second kappa shape index (κ2) is 14.3. The molecule has 0 fully saturated rings. The summed E-state index contributed by atoms with van der Waals surface area (Å²) in [6, 6.07) is 9.71. The molecule has 0 bridgehead atoms. The molecular formula is C26H29BrO8. The molecule has 35 heavy (non-hydrogen) atoms. The zero-order valence-corrected chi connectivity index (χ0v) is 21.6. The van der Waals surface area contributed by atoms with Gasteiger partial charge in [0.1, 0.15) is 6.61 Å². The van der Waals surface area contributed by atoms with E-state index >= 15 is 0 Å². The standard InChI is InChI=1S/C26H29BrO8/c1-4-7-22(28)33-20-14-18(26(31)32-16-17-10-12-19(27)13-11-17)15-21(34-23(29)8-5-2)25(20)35-24(30)9-6-3/h10-15H,4-9,16H2,1-3H3. The van der Waals surface area contributed by atoms with Gasteiger partial charge in [0.2, 0.25) is 5.75 Å². The van der Waals surface area contributed by atoms with Crippen LogP contribution in [0.2, 0.25) is 0 Å². The largest absolute Gasteiger partial charge is 0.457 e. The van der Waals surface area contributed by atoms with Gasteiger partial charge >= 0.3 is 23.9 Å². The number of benzene rings is 2. The number of ether oxygens (including phenoxy) is 4. The van der Waals surface area contributed by atoms with E-state index in [-0.39, 0.29) is 48.7 Å². The molecular weight excluding hydrogens is 520 g/mol. The topological polar surface area (TPSA) is 105 Å². The Bertz CT molecular complexity index is 1000. The highest BCUT2D eigenvalue weighted by atomic mass is 79.9. The smallest absolute Gasteiger partial charge is 0.338 e. The molecule has 0 atom stereocenters. The van der Waals surface area contributed by atoms with E-state index < -0.39 is 23.9 Å². The van der Waals surface area contributed by atoms with Gasteiger partial charge in [0.05, 0.1) is 5.56 Å². The number of esters is 4. The van der Waals surface area contributed by atoms with Crippen molar-refractivity contribution in [3.63, 3.8) is 0 Å². The highest BCUT2D eigenvalue weighted by Crippen LogP contribution is 2.40. The zero-order chi connectivity index (χ0) is 25.8. The van der Waals surface area contributed by atoms with Crippen LogP contribution in [0.25, 0.3) is 0 Å². The summed E-state index contributed by atoms with van der Waals surface area (Å²) in [7, 11) is 0. The van der Waals surface area contributed by atoms with Crippen LogP contribution in [0.3, 0.4) is 0 Å². The summed E-state index contributed by atoms with van der Waals surface area (Å²) in [5.74, 6) is -3.16. The van der Waals surface area contributed by atoms with Crippen LogP contribution in [0.15, 0.2) is 40.9 Å². The van der Waals surface area contributed by atoms with Crippen LogP contribution >= 0.6 is 15.9 Å². The molecule has 2 aromatic carbocycles. The van der Waals surface area contributed by atoms with E-state index in [1.54, 1.807) is 32.9 Å². The van der Waals surface area contributed by atoms with Gasteiger partial charge in [-0.2, -0.15) is 0 Å². The van der Waals surface area contributed by atoms with Gasteiger partial charge < -0.3 is 18.9 Å². The van der Waals surface area contributed by atoms with Gasteiger partial charge in [-0.15, -0.1) is 0 Å². The highest BCUT2D eigenvalue weighted by Gasteiger charge is 2.25. The lowest BCUT2D eigenvalue weighted by atomic mass is 10.1. The zero-order valence-electron chi connectivity index (χ0n) is 20.1. The molecule has 0 spiro atoms. The number of hydrogen-bond donors (Lipinski definition) is 0. The molecule has 0 aromatic heterocycles. The summed E-state index contributed by atoms with van der Waals surface area (Å²) < 4.78 is 22.5. The van der Waals surface area contributed by atoms with E-state index in [1.165, 1.54) is 12.1 Å². The van der Waals surface area contributed by atoms with Gasteiger partial charge in [0.15, 0.2) is 11.5 Å². The number of carbonyl (C=O) groups excluding carboxylic acids is 4. The number of rotatable bonds is 12. The van der Waals surface area contributed by atoms with Crippen molar-refractivity contribution in [1.29, 1.82) is 0 Å². The maximum absolute atomic E-state index is 12.8. The molecule has 0 aliphatic carbocycles. The molecule has 0 aliphatic rings. The van der Waals surface area contributed by atoms with Gasteiger partial charge in [-0.1, -0.05) is 48.8 Å². The first-order valence-corrected chi connectivity index (χ1v) is 12.3. The lowest BCUT2D eigenvalue weighted by Gasteiger charge is -2.16. The van der Waals surface area contributed by atoms with Crippen LogP contribution < -0.4 is 14.2 Å². The predicted octanol–water partition coefficient (Wildman–Crippen LogP) is 5.92. The fraction of sp³-hybridized carbons (Fsp3) is 0.385. The first kappa shape index (κ1) is 28.0. The Morgan fingerprint density at radius 3 is 1.63 bits per heavy atom. The third-order valence-electron chi connectivity index (χ3n) is 4.57. The maximum atomic E-state index is 12.8. The van der Waals surface area contributed by atoms with E-state index in [4.69, 9.17) is 18.9 Å². The van der Waals surface area contributed by atoms with Crippen LogP contribution in [0.5, 0.6) is 17.2 Å². The van der Waals surface area contributed by atoms with E-state index in [0.29, 0.717) is 19.3 Å². The Morgan fingerprint density at radius 2 is 1.17 bits per heavy atom. The van der Waals surface area contributed by atoms with E-state index in [0.717, 1.165) is 10.0 Å². The molecule has 8 nitrogen and oxygen atoms in total. The Balaban J connectivity index is 2.44. The number of hydrogen-bond acceptors (Lipinski definition) is 8. The molecule has 9 heteroatoms. The van der Waals surface area contributed by atoms with Crippen LogP contribution in [-0.4, -0.2) is 23.9 Å². The minimum atomic E-state index is -0.736. The van der Waals surface area contributed by atoms with Gasteiger partial charge in [-0.05, 0) is 49.1 Å². The molecule has 0 unspecified atom stereocenters. The monoisotopic (exact) mass is 548 g/mol. The first-order valence-electron chi connectivity index (χ1n) is 11.5. The second-order valence-corrected chi connectivity index (χ2v) is 8.59. The van der Waals surface area contributed by atoms with E-state index in [9.17, 15) is 19.2 Å². The Kier molecular flexibility index (Phi) is 11.4. The minimum absolute atomic E-state index is 0.00470. The SMILES string of the molecule is CCCC(=O)Oc1cc(C(=O)OCc2ccc(Br)cc2)cc(OC(=O)CCC)c1OC(=O)CCC. The van der Waals surface area contributed by atoms with Crippen molar-refractivity contribution in [3.05, 3.63) is 52.0 Å². The van der Waals surface area contributed by atoms with Crippen LogP contribution in [0.1, 0.15) is 75.2 Å². The van der Waals surface area contributed by atoms with Crippen LogP contribution in [-0.2, 0) is 25.7 Å². The Hall–Kier alpha value is -3.20. The summed E-state index contributed by atoms with van der Waals surface area (Å²) in [6.07, 6.45) is 1.88. The third kappa shape index (κ3) is 9.16. The molecule has 0 heterocycles. The van der Waals surface area contributed by atoms with Crippen molar-refractivity contribution >= 4 is 39.8 Å². The second-order valence-electron chi connectivity index (χ2n) is 7.68. The van der Waals surface area contributed by atoms with Crippen molar-refractivity contribution in [2.75, 3.05) is 0 Å². The van der Waals surface area contributed by atoms with Crippen molar-refractivity contribution in [2.24, 2.45) is 0 Å². The summed E-state index contributed by atoms with van der Waals surface area (Å²) >= 11 is 3.35. The summed E-state index contributed by atoms with van der Waals surface area (Å²) in [5, 5.41) is 0. The molecule has 0 N–H and O–H groups in total. The predicted molar refractivity (Wildman–Crippen MR) is 131 cm³/mol. The summed E-state index contributed by atoms with van der Waals surface area (Å²) in [5.41, 5.74) is 0.729. The molecule has 0 amide bonds. The Labute approximate surface area is 213 Å². The summed E-state index contributed by atoms with van der Waals surface area (Å²) in [6.45, 7) is 5.40. The van der Waals surface area contributed by atoms with E-state index in [2.05, 4.69) is 15.9 Å². The van der Waals surface area contributed by atoms with Crippen molar-refractivity contribution < 1.29 is 38.1 Å². The molecule has 0 saturated carbocycles. The van der Waals surface area contributed by atoms with Gasteiger partial charge in [0.25, 0.3) is 0 Å². The molecule has 188 valence electrons. The highest BCUT2D eigenvalue weighted by molar-refractivity contribution is 9.10. The maximum Gasteiger partial charge on any atom is 0.338 e. The van der Waals surface area contributed by atoms with Gasteiger partial charge in [-0.3, -0.25) is 14.4 Å². The van der Waals surface area contributed by atoms with Crippen LogP contribution in [0.4, 0.5) is 0 Å². The van der Waals surface area contributed by atoms with E-state index in [1.807, 2.05) is 12.1 Å². The Morgan fingerprint density at radius 1 is 0.714 bits per heavy atom. The van der Waals surface area contributed by atoms with Gasteiger partial charge in [-0.25, -0.2) is 4.79 Å².